The zero-order chi connectivity index (χ0) is 12.6. The van der Waals surface area contributed by atoms with Gasteiger partial charge in [-0.1, -0.05) is 17.7 Å². The van der Waals surface area contributed by atoms with Gasteiger partial charge in [0.05, 0.1) is 0 Å². The SMILES string of the molecule is Cc1cc(C)c(C(=O)C2(C)CCCO2)c(C)c1. The lowest BCUT2D eigenvalue weighted by atomic mass is 9.86. The Morgan fingerprint density at radius 1 is 1.24 bits per heavy atom. The molecular formula is C15H20O2. The lowest BCUT2D eigenvalue weighted by Gasteiger charge is -2.23. The topological polar surface area (TPSA) is 26.3 Å². The molecule has 2 heteroatoms. The molecule has 92 valence electrons. The summed E-state index contributed by atoms with van der Waals surface area (Å²) < 4.78 is 5.65. The number of hydrogen-bond acceptors (Lipinski definition) is 2. The number of hydrogen-bond donors (Lipinski definition) is 0. The van der Waals surface area contributed by atoms with Crippen molar-refractivity contribution in [3.63, 3.8) is 0 Å². The first-order chi connectivity index (χ1) is 7.94. The standard InChI is InChI=1S/C15H20O2/c1-10-8-11(2)13(12(3)9-10)14(16)15(4)6-5-7-17-15/h8-9H,5-7H2,1-4H3. The van der Waals surface area contributed by atoms with E-state index in [1.54, 1.807) is 0 Å². The van der Waals surface area contributed by atoms with Gasteiger partial charge in [-0.2, -0.15) is 0 Å². The van der Waals surface area contributed by atoms with Crippen LogP contribution in [0.5, 0.6) is 0 Å². The van der Waals surface area contributed by atoms with Crippen molar-refractivity contribution in [2.75, 3.05) is 6.61 Å². The predicted molar refractivity (Wildman–Crippen MR) is 68.6 cm³/mol. The second-order valence-corrected chi connectivity index (χ2v) is 5.29. The van der Waals surface area contributed by atoms with Crippen LogP contribution in [-0.2, 0) is 4.74 Å². The van der Waals surface area contributed by atoms with E-state index >= 15 is 0 Å². The molecule has 1 aliphatic rings. The molecule has 0 spiro atoms. The third-order valence-corrected chi connectivity index (χ3v) is 3.60. The first-order valence-corrected chi connectivity index (χ1v) is 6.21. The number of ketones is 1. The van der Waals surface area contributed by atoms with E-state index in [9.17, 15) is 4.79 Å². The Morgan fingerprint density at radius 2 is 1.82 bits per heavy atom. The predicted octanol–water partition coefficient (Wildman–Crippen LogP) is 3.36. The number of Topliss-reactive ketones (excluding diaryl/α,β-unsaturated/α-hetero) is 1. The maximum atomic E-state index is 12.6. The van der Waals surface area contributed by atoms with E-state index in [1.165, 1.54) is 5.56 Å². The van der Waals surface area contributed by atoms with Crippen molar-refractivity contribution in [2.45, 2.75) is 46.1 Å². The van der Waals surface area contributed by atoms with Gasteiger partial charge in [0.25, 0.3) is 0 Å². The van der Waals surface area contributed by atoms with Gasteiger partial charge in [-0.3, -0.25) is 4.79 Å². The molecule has 0 N–H and O–H groups in total. The normalized spacial score (nSPS) is 24.0. The minimum absolute atomic E-state index is 0.144. The van der Waals surface area contributed by atoms with Crippen LogP contribution in [-0.4, -0.2) is 18.0 Å². The molecule has 1 aromatic carbocycles. The number of ether oxygens (including phenoxy) is 1. The Balaban J connectivity index is 2.44. The van der Waals surface area contributed by atoms with E-state index in [2.05, 4.69) is 19.1 Å². The molecule has 1 saturated heterocycles. The van der Waals surface area contributed by atoms with Gasteiger partial charge >= 0.3 is 0 Å². The summed E-state index contributed by atoms with van der Waals surface area (Å²) in [5.74, 6) is 0.144. The fraction of sp³-hybridized carbons (Fsp3) is 0.533. The summed E-state index contributed by atoms with van der Waals surface area (Å²) in [6.07, 6.45) is 1.81. The summed E-state index contributed by atoms with van der Waals surface area (Å²) in [6, 6.07) is 4.14. The minimum Gasteiger partial charge on any atom is -0.367 e. The second kappa shape index (κ2) is 4.26. The Bertz CT molecular complexity index is 431. The van der Waals surface area contributed by atoms with Crippen LogP contribution in [0.4, 0.5) is 0 Å². The van der Waals surface area contributed by atoms with Gasteiger partial charge in [-0.05, 0) is 51.7 Å². The molecule has 0 bridgehead atoms. The zero-order valence-electron chi connectivity index (χ0n) is 11.1. The van der Waals surface area contributed by atoms with Gasteiger partial charge < -0.3 is 4.74 Å². The van der Waals surface area contributed by atoms with Crippen LogP contribution in [0.1, 0.15) is 46.8 Å². The van der Waals surface area contributed by atoms with Gasteiger partial charge in [-0.15, -0.1) is 0 Å². The Hall–Kier alpha value is -1.15. The average Bonchev–Trinajstić information content (AvgIpc) is 2.64. The molecule has 1 unspecified atom stereocenters. The van der Waals surface area contributed by atoms with Gasteiger partial charge in [-0.25, -0.2) is 0 Å². The third kappa shape index (κ3) is 2.14. The van der Waals surface area contributed by atoms with Crippen molar-refractivity contribution < 1.29 is 9.53 Å². The molecule has 2 rings (SSSR count). The van der Waals surface area contributed by atoms with Crippen molar-refractivity contribution in [1.29, 1.82) is 0 Å². The molecule has 0 saturated carbocycles. The van der Waals surface area contributed by atoms with Crippen LogP contribution in [0.3, 0.4) is 0 Å². The van der Waals surface area contributed by atoms with E-state index in [4.69, 9.17) is 4.74 Å². The van der Waals surface area contributed by atoms with E-state index < -0.39 is 5.60 Å². The van der Waals surface area contributed by atoms with E-state index in [0.29, 0.717) is 6.61 Å². The molecule has 17 heavy (non-hydrogen) atoms. The third-order valence-electron chi connectivity index (χ3n) is 3.60. The lowest BCUT2D eigenvalue weighted by Crippen LogP contribution is -2.35. The van der Waals surface area contributed by atoms with E-state index in [1.807, 2.05) is 20.8 Å². The molecule has 1 heterocycles. The highest BCUT2D eigenvalue weighted by Gasteiger charge is 2.39. The number of benzene rings is 1. The average molecular weight is 232 g/mol. The van der Waals surface area contributed by atoms with Gasteiger partial charge in [0.2, 0.25) is 0 Å². The van der Waals surface area contributed by atoms with Crippen LogP contribution >= 0.6 is 0 Å². The first kappa shape index (κ1) is 12.3. The largest absolute Gasteiger partial charge is 0.367 e. The highest BCUT2D eigenvalue weighted by Crippen LogP contribution is 2.31. The summed E-state index contributed by atoms with van der Waals surface area (Å²) in [6.45, 7) is 8.69. The zero-order valence-corrected chi connectivity index (χ0v) is 11.1. The van der Waals surface area contributed by atoms with Crippen molar-refractivity contribution >= 4 is 5.78 Å². The van der Waals surface area contributed by atoms with Gasteiger partial charge in [0, 0.05) is 12.2 Å². The second-order valence-electron chi connectivity index (χ2n) is 5.29. The van der Waals surface area contributed by atoms with Crippen LogP contribution in [0, 0.1) is 20.8 Å². The highest BCUT2D eigenvalue weighted by atomic mass is 16.5. The van der Waals surface area contributed by atoms with Crippen LogP contribution in [0.25, 0.3) is 0 Å². The fourth-order valence-corrected chi connectivity index (χ4v) is 2.76. The lowest BCUT2D eigenvalue weighted by molar-refractivity contribution is 0.0212. The fourth-order valence-electron chi connectivity index (χ4n) is 2.76. The maximum Gasteiger partial charge on any atom is 0.194 e. The minimum atomic E-state index is -0.606. The van der Waals surface area contributed by atoms with Crippen molar-refractivity contribution in [2.24, 2.45) is 0 Å². The maximum absolute atomic E-state index is 12.6. The molecule has 0 aliphatic carbocycles. The monoisotopic (exact) mass is 232 g/mol. The number of aryl methyl sites for hydroxylation is 3. The van der Waals surface area contributed by atoms with Gasteiger partial charge in [0.1, 0.15) is 5.60 Å². The van der Waals surface area contributed by atoms with Crippen LogP contribution in [0.2, 0.25) is 0 Å². The Morgan fingerprint density at radius 3 is 2.29 bits per heavy atom. The van der Waals surface area contributed by atoms with E-state index in [-0.39, 0.29) is 5.78 Å². The number of carbonyl (C=O) groups excluding carboxylic acids is 1. The molecule has 1 atom stereocenters. The number of carbonyl (C=O) groups is 1. The van der Waals surface area contributed by atoms with Crippen molar-refractivity contribution in [3.05, 3.63) is 34.4 Å². The van der Waals surface area contributed by atoms with Crippen molar-refractivity contribution in [3.8, 4) is 0 Å². The Kier molecular flexibility index (Phi) is 3.09. The highest BCUT2D eigenvalue weighted by molar-refractivity contribution is 6.04. The molecular weight excluding hydrogens is 212 g/mol. The summed E-state index contributed by atoms with van der Waals surface area (Å²) in [5.41, 5.74) is 3.56. The molecule has 2 nitrogen and oxygen atoms in total. The molecule has 0 aromatic heterocycles. The number of rotatable bonds is 2. The Labute approximate surface area is 103 Å². The molecule has 1 aliphatic heterocycles. The van der Waals surface area contributed by atoms with Crippen LogP contribution < -0.4 is 0 Å². The smallest absolute Gasteiger partial charge is 0.194 e. The summed E-state index contributed by atoms with van der Waals surface area (Å²) >= 11 is 0. The molecule has 1 fully saturated rings. The molecule has 0 radical (unpaired) electrons. The quantitative estimate of drug-likeness (QED) is 0.731. The molecule has 1 aromatic rings. The summed E-state index contributed by atoms with van der Waals surface area (Å²) in [4.78, 5) is 12.6. The summed E-state index contributed by atoms with van der Waals surface area (Å²) in [7, 11) is 0. The molecule has 0 amide bonds. The first-order valence-electron chi connectivity index (χ1n) is 6.21. The van der Waals surface area contributed by atoms with Gasteiger partial charge in [0.15, 0.2) is 5.78 Å². The van der Waals surface area contributed by atoms with Crippen molar-refractivity contribution in [1.82, 2.24) is 0 Å². The van der Waals surface area contributed by atoms with E-state index in [0.717, 1.165) is 29.5 Å². The summed E-state index contributed by atoms with van der Waals surface area (Å²) in [5, 5.41) is 0. The van der Waals surface area contributed by atoms with Crippen LogP contribution in [0.15, 0.2) is 12.1 Å².